The van der Waals surface area contributed by atoms with Crippen molar-refractivity contribution in [2.24, 2.45) is 5.10 Å². The standard InChI is InChI=1S/C19H17BrN2O2/c1-2-13-24-18-11-10-16(20)14-17(18)19(23)22-21-12-6-9-15-7-4-3-5-8-15/h2-12,14H,1,13H2,(H,22,23)/b9-6+,21-12+. The maximum Gasteiger partial charge on any atom is 0.275 e. The van der Waals surface area contributed by atoms with Crippen molar-refractivity contribution >= 4 is 34.1 Å². The summed E-state index contributed by atoms with van der Waals surface area (Å²) < 4.78 is 6.27. The first-order valence-electron chi connectivity index (χ1n) is 7.29. The Bertz CT molecular complexity index is 755. The topological polar surface area (TPSA) is 50.7 Å². The molecule has 0 aromatic heterocycles. The smallest absolute Gasteiger partial charge is 0.275 e. The summed E-state index contributed by atoms with van der Waals surface area (Å²) >= 11 is 3.35. The molecule has 0 radical (unpaired) electrons. The number of rotatable bonds is 7. The van der Waals surface area contributed by atoms with Crippen molar-refractivity contribution in [1.82, 2.24) is 5.43 Å². The highest BCUT2D eigenvalue weighted by molar-refractivity contribution is 9.10. The van der Waals surface area contributed by atoms with Crippen molar-refractivity contribution in [2.75, 3.05) is 6.61 Å². The molecule has 2 rings (SSSR count). The molecule has 122 valence electrons. The molecule has 2 aromatic rings. The van der Waals surface area contributed by atoms with E-state index in [0.717, 1.165) is 10.0 Å². The average Bonchev–Trinajstić information content (AvgIpc) is 2.61. The number of halogens is 1. The Hall–Kier alpha value is -2.66. The third-order valence-corrected chi connectivity index (χ3v) is 3.45. The minimum Gasteiger partial charge on any atom is -0.489 e. The maximum atomic E-state index is 12.2. The van der Waals surface area contributed by atoms with Gasteiger partial charge >= 0.3 is 0 Å². The molecule has 1 N–H and O–H groups in total. The van der Waals surface area contributed by atoms with Gasteiger partial charge in [-0.15, -0.1) is 0 Å². The number of hydrogen-bond donors (Lipinski definition) is 1. The maximum absolute atomic E-state index is 12.2. The molecule has 24 heavy (non-hydrogen) atoms. The zero-order valence-corrected chi connectivity index (χ0v) is 14.6. The fraction of sp³-hybridized carbons (Fsp3) is 0.0526. The van der Waals surface area contributed by atoms with Crippen molar-refractivity contribution < 1.29 is 9.53 Å². The van der Waals surface area contributed by atoms with Crippen LogP contribution < -0.4 is 10.2 Å². The van der Waals surface area contributed by atoms with Gasteiger partial charge in [0.05, 0.1) is 5.56 Å². The van der Waals surface area contributed by atoms with Gasteiger partial charge in [0.15, 0.2) is 0 Å². The molecule has 5 heteroatoms. The predicted molar refractivity (Wildman–Crippen MR) is 101 cm³/mol. The summed E-state index contributed by atoms with van der Waals surface area (Å²) in [6.45, 7) is 3.92. The lowest BCUT2D eigenvalue weighted by atomic mass is 10.2. The van der Waals surface area contributed by atoms with Crippen LogP contribution in [-0.2, 0) is 0 Å². The first-order chi connectivity index (χ1) is 11.7. The number of hydrazone groups is 1. The van der Waals surface area contributed by atoms with Crippen LogP contribution in [0.1, 0.15) is 15.9 Å². The summed E-state index contributed by atoms with van der Waals surface area (Å²) in [7, 11) is 0. The summed E-state index contributed by atoms with van der Waals surface area (Å²) in [5.41, 5.74) is 3.94. The Morgan fingerprint density at radius 1 is 1.25 bits per heavy atom. The second-order valence-corrected chi connectivity index (χ2v) is 5.64. The van der Waals surface area contributed by atoms with Crippen LogP contribution in [0.25, 0.3) is 6.08 Å². The van der Waals surface area contributed by atoms with Crippen LogP contribution in [0.4, 0.5) is 0 Å². The fourth-order valence-electron chi connectivity index (χ4n) is 1.87. The van der Waals surface area contributed by atoms with Gasteiger partial charge in [0.2, 0.25) is 0 Å². The summed E-state index contributed by atoms with van der Waals surface area (Å²) in [6.07, 6.45) is 6.79. The normalized spacial score (nSPS) is 10.9. The van der Waals surface area contributed by atoms with Crippen molar-refractivity contribution in [3.63, 3.8) is 0 Å². The van der Waals surface area contributed by atoms with Crippen LogP contribution in [0.5, 0.6) is 5.75 Å². The molecule has 0 saturated heterocycles. The van der Waals surface area contributed by atoms with Gasteiger partial charge in [-0.1, -0.05) is 65.0 Å². The Balaban J connectivity index is 1.99. The van der Waals surface area contributed by atoms with Gasteiger partial charge < -0.3 is 4.74 Å². The van der Waals surface area contributed by atoms with Crippen LogP contribution in [0.2, 0.25) is 0 Å². The zero-order valence-electron chi connectivity index (χ0n) is 13.0. The van der Waals surface area contributed by atoms with E-state index in [1.54, 1.807) is 30.4 Å². The van der Waals surface area contributed by atoms with Gasteiger partial charge in [-0.2, -0.15) is 5.10 Å². The van der Waals surface area contributed by atoms with Gasteiger partial charge in [0.25, 0.3) is 5.91 Å². The van der Waals surface area contributed by atoms with Gasteiger partial charge in [-0.25, -0.2) is 5.43 Å². The number of nitrogens with zero attached hydrogens (tertiary/aromatic N) is 1. The first kappa shape index (κ1) is 17.7. The van der Waals surface area contributed by atoms with Crippen LogP contribution in [-0.4, -0.2) is 18.7 Å². The Kier molecular flexibility index (Phi) is 6.98. The van der Waals surface area contributed by atoms with E-state index in [1.807, 2.05) is 36.4 Å². The van der Waals surface area contributed by atoms with Crippen molar-refractivity contribution in [2.45, 2.75) is 0 Å². The number of allylic oxidation sites excluding steroid dienone is 1. The SMILES string of the molecule is C=CCOc1ccc(Br)cc1C(=O)N/N=C/C=C/c1ccccc1. The molecule has 2 aromatic carbocycles. The molecule has 0 unspecified atom stereocenters. The lowest BCUT2D eigenvalue weighted by Gasteiger charge is -2.09. The van der Waals surface area contributed by atoms with Crippen LogP contribution in [0, 0.1) is 0 Å². The zero-order chi connectivity index (χ0) is 17.2. The molecule has 4 nitrogen and oxygen atoms in total. The number of amides is 1. The molecule has 0 bridgehead atoms. The lowest BCUT2D eigenvalue weighted by molar-refractivity contribution is 0.0951. The molecule has 0 aliphatic rings. The van der Waals surface area contributed by atoms with E-state index in [2.05, 4.69) is 33.0 Å². The highest BCUT2D eigenvalue weighted by Crippen LogP contribution is 2.23. The molecule has 0 aliphatic heterocycles. The quantitative estimate of drug-likeness (QED) is 0.435. The minimum atomic E-state index is -0.347. The van der Waals surface area contributed by atoms with Crippen LogP contribution in [0.15, 0.2) is 76.8 Å². The van der Waals surface area contributed by atoms with Crippen molar-refractivity contribution in [1.29, 1.82) is 0 Å². The molecular formula is C19H17BrN2O2. The summed E-state index contributed by atoms with van der Waals surface area (Å²) in [5, 5.41) is 3.91. The lowest BCUT2D eigenvalue weighted by Crippen LogP contribution is -2.18. The number of carbonyl (C=O) groups excluding carboxylic acids is 1. The third-order valence-electron chi connectivity index (χ3n) is 2.96. The summed E-state index contributed by atoms with van der Waals surface area (Å²) in [4.78, 5) is 12.2. The van der Waals surface area contributed by atoms with Crippen molar-refractivity contribution in [3.8, 4) is 5.75 Å². The molecule has 0 heterocycles. The molecule has 0 spiro atoms. The van der Waals surface area contributed by atoms with Crippen LogP contribution >= 0.6 is 15.9 Å². The highest BCUT2D eigenvalue weighted by atomic mass is 79.9. The summed E-state index contributed by atoms with van der Waals surface area (Å²) in [6, 6.07) is 15.0. The van der Waals surface area contributed by atoms with E-state index in [0.29, 0.717) is 17.9 Å². The van der Waals surface area contributed by atoms with E-state index >= 15 is 0 Å². The molecule has 1 amide bonds. The van der Waals surface area contributed by atoms with E-state index in [9.17, 15) is 4.79 Å². The Labute approximate surface area is 149 Å². The van der Waals surface area contributed by atoms with E-state index in [-0.39, 0.29) is 5.91 Å². The number of benzene rings is 2. The number of carbonyl (C=O) groups is 1. The fourth-order valence-corrected chi connectivity index (χ4v) is 2.23. The molecular weight excluding hydrogens is 368 g/mol. The molecule has 0 atom stereocenters. The third kappa shape index (κ3) is 5.52. The number of nitrogens with one attached hydrogen (secondary N) is 1. The molecule has 0 saturated carbocycles. The van der Waals surface area contributed by atoms with E-state index in [4.69, 9.17) is 4.74 Å². The number of hydrogen-bond acceptors (Lipinski definition) is 3. The first-order valence-corrected chi connectivity index (χ1v) is 8.08. The highest BCUT2D eigenvalue weighted by Gasteiger charge is 2.12. The minimum absolute atomic E-state index is 0.324. The number of ether oxygens (including phenoxy) is 1. The summed E-state index contributed by atoms with van der Waals surface area (Å²) in [5.74, 6) is 0.130. The average molecular weight is 385 g/mol. The van der Waals surface area contributed by atoms with E-state index in [1.165, 1.54) is 6.21 Å². The van der Waals surface area contributed by atoms with Gasteiger partial charge in [0, 0.05) is 10.7 Å². The second kappa shape index (κ2) is 9.47. The van der Waals surface area contributed by atoms with Gasteiger partial charge in [-0.05, 0) is 29.8 Å². The second-order valence-electron chi connectivity index (χ2n) is 4.73. The van der Waals surface area contributed by atoms with Crippen molar-refractivity contribution in [3.05, 3.63) is 82.9 Å². The van der Waals surface area contributed by atoms with Gasteiger partial charge in [-0.3, -0.25) is 4.79 Å². The largest absolute Gasteiger partial charge is 0.489 e. The molecule has 0 fully saturated rings. The Morgan fingerprint density at radius 2 is 2.04 bits per heavy atom. The predicted octanol–water partition coefficient (Wildman–Crippen LogP) is 4.44. The monoisotopic (exact) mass is 384 g/mol. The van der Waals surface area contributed by atoms with Crippen LogP contribution in [0.3, 0.4) is 0 Å². The molecule has 0 aliphatic carbocycles. The van der Waals surface area contributed by atoms with Gasteiger partial charge in [0.1, 0.15) is 12.4 Å². The van der Waals surface area contributed by atoms with E-state index < -0.39 is 0 Å². The Morgan fingerprint density at radius 3 is 2.79 bits per heavy atom.